The smallest absolute Gasteiger partial charge is 0.288 e. The number of hydrogen-bond donors (Lipinski definition) is 2. The summed E-state index contributed by atoms with van der Waals surface area (Å²) in [5.41, 5.74) is 0.289. The highest BCUT2D eigenvalue weighted by Gasteiger charge is 2.29. The lowest BCUT2D eigenvalue weighted by Gasteiger charge is -2.29. The van der Waals surface area contributed by atoms with E-state index in [0.717, 1.165) is 25.7 Å². The van der Waals surface area contributed by atoms with Crippen LogP contribution in [0.4, 0.5) is 14.5 Å². The molecule has 0 aromatic heterocycles. The van der Waals surface area contributed by atoms with E-state index in [0.29, 0.717) is 11.8 Å². The third-order valence-corrected chi connectivity index (χ3v) is 7.78. The van der Waals surface area contributed by atoms with E-state index >= 15 is 0 Å². The molecule has 0 radical (unpaired) electrons. The summed E-state index contributed by atoms with van der Waals surface area (Å²) in [5.74, 6) is -2.93. The topological polar surface area (TPSA) is 84.5 Å². The number of alkyl halides is 2. The summed E-state index contributed by atoms with van der Waals surface area (Å²) in [6.45, 7) is 2.02. The van der Waals surface area contributed by atoms with Gasteiger partial charge in [-0.05, 0) is 49.1 Å². The summed E-state index contributed by atoms with van der Waals surface area (Å²) in [6, 6.07) is 10.1. The van der Waals surface area contributed by atoms with Gasteiger partial charge in [-0.15, -0.1) is 0 Å². The van der Waals surface area contributed by atoms with Gasteiger partial charge in [0.15, 0.2) is 0 Å². The van der Waals surface area contributed by atoms with Crippen LogP contribution >= 0.6 is 11.8 Å². The Hall–Kier alpha value is -2.17. The molecular weight excluding hydrogens is 458 g/mol. The van der Waals surface area contributed by atoms with Crippen LogP contribution in [0.25, 0.3) is 0 Å². The molecule has 1 saturated carbocycles. The Morgan fingerprint density at radius 3 is 2.56 bits per heavy atom. The molecule has 0 heterocycles. The third-order valence-electron chi connectivity index (χ3n) is 5.48. The van der Waals surface area contributed by atoms with Crippen LogP contribution in [-0.4, -0.2) is 33.2 Å². The molecule has 2 atom stereocenters. The van der Waals surface area contributed by atoms with Gasteiger partial charge in [0.25, 0.3) is 11.7 Å². The molecule has 174 valence electrons. The van der Waals surface area contributed by atoms with Gasteiger partial charge >= 0.3 is 0 Å². The first-order valence-electron chi connectivity index (χ1n) is 10.3. The molecule has 10 heteroatoms. The van der Waals surface area contributed by atoms with E-state index < -0.39 is 21.7 Å². The van der Waals surface area contributed by atoms with Gasteiger partial charge in [0, 0.05) is 16.5 Å². The van der Waals surface area contributed by atoms with Gasteiger partial charge < -0.3 is 10.1 Å². The molecule has 0 spiro atoms. The van der Waals surface area contributed by atoms with E-state index in [1.165, 1.54) is 37.4 Å². The maximum absolute atomic E-state index is 13.1. The van der Waals surface area contributed by atoms with Gasteiger partial charge in [-0.2, -0.15) is 8.78 Å². The number of amides is 1. The zero-order valence-electron chi connectivity index (χ0n) is 17.8. The van der Waals surface area contributed by atoms with Crippen molar-refractivity contribution in [3.63, 3.8) is 0 Å². The molecule has 2 unspecified atom stereocenters. The molecule has 1 amide bonds. The van der Waals surface area contributed by atoms with Crippen LogP contribution in [-0.2, 0) is 10.0 Å². The van der Waals surface area contributed by atoms with Crippen LogP contribution in [0.5, 0.6) is 5.75 Å². The maximum Gasteiger partial charge on any atom is 0.288 e. The SMILES string of the molecule is COc1ccc(C(=O)Nc2ccccc2SC(F)F)cc1S(=O)(=O)NC1CCCCC1C. The molecule has 1 fully saturated rings. The maximum atomic E-state index is 13.1. The summed E-state index contributed by atoms with van der Waals surface area (Å²) in [6.07, 6.45) is 3.72. The average Bonchev–Trinajstić information content (AvgIpc) is 2.75. The van der Waals surface area contributed by atoms with Crippen LogP contribution < -0.4 is 14.8 Å². The van der Waals surface area contributed by atoms with Crippen molar-refractivity contribution in [2.24, 2.45) is 5.92 Å². The number of methoxy groups -OCH3 is 1. The fourth-order valence-corrected chi connectivity index (χ4v) is 5.91. The monoisotopic (exact) mass is 484 g/mol. The standard InChI is InChI=1S/C22H26F2N2O4S2/c1-14-7-3-4-8-16(14)26-32(28,29)20-13-15(11-12-18(20)30-2)21(27)25-17-9-5-6-10-19(17)31-22(23)24/h5-6,9-14,16,22,26H,3-4,7-8H2,1-2H3,(H,25,27). The number of carbonyl (C=O) groups is 1. The molecule has 0 bridgehead atoms. The van der Waals surface area contributed by atoms with Gasteiger partial charge in [-0.1, -0.05) is 43.7 Å². The molecule has 6 nitrogen and oxygen atoms in total. The number of benzene rings is 2. The van der Waals surface area contributed by atoms with Crippen LogP contribution in [0.1, 0.15) is 43.0 Å². The van der Waals surface area contributed by atoms with E-state index in [2.05, 4.69) is 10.0 Å². The Morgan fingerprint density at radius 1 is 1.16 bits per heavy atom. The molecule has 1 aliphatic carbocycles. The Labute approximate surface area is 191 Å². The third kappa shape index (κ3) is 5.99. The number of carbonyl (C=O) groups excluding carboxylic acids is 1. The molecule has 2 N–H and O–H groups in total. The van der Waals surface area contributed by atoms with Crippen molar-refractivity contribution in [2.75, 3.05) is 12.4 Å². The Kier molecular flexibility index (Phi) is 8.13. The summed E-state index contributed by atoms with van der Waals surface area (Å²) in [5, 5.41) is 2.59. The van der Waals surface area contributed by atoms with Crippen molar-refractivity contribution in [2.45, 2.75) is 54.2 Å². The van der Waals surface area contributed by atoms with Gasteiger partial charge in [0.05, 0.1) is 12.8 Å². The molecule has 2 aromatic carbocycles. The van der Waals surface area contributed by atoms with Crippen molar-refractivity contribution in [3.05, 3.63) is 48.0 Å². The van der Waals surface area contributed by atoms with Crippen molar-refractivity contribution >= 4 is 33.4 Å². The molecule has 32 heavy (non-hydrogen) atoms. The number of hydrogen-bond acceptors (Lipinski definition) is 5. The highest BCUT2D eigenvalue weighted by atomic mass is 32.2. The summed E-state index contributed by atoms with van der Waals surface area (Å²) < 4.78 is 59.9. The minimum atomic E-state index is -3.95. The van der Waals surface area contributed by atoms with E-state index in [1.807, 2.05) is 6.92 Å². The van der Waals surface area contributed by atoms with Crippen molar-refractivity contribution in [1.82, 2.24) is 4.72 Å². The fourth-order valence-electron chi connectivity index (χ4n) is 3.75. The minimum absolute atomic E-state index is 0.0692. The first-order chi connectivity index (χ1) is 15.2. The quantitative estimate of drug-likeness (QED) is 0.508. The molecular formula is C22H26F2N2O4S2. The summed E-state index contributed by atoms with van der Waals surface area (Å²) >= 11 is 0.321. The van der Waals surface area contributed by atoms with E-state index in [1.54, 1.807) is 12.1 Å². The van der Waals surface area contributed by atoms with Gasteiger partial charge in [-0.25, -0.2) is 13.1 Å². The van der Waals surface area contributed by atoms with Crippen molar-refractivity contribution in [1.29, 1.82) is 0 Å². The normalized spacial score (nSPS) is 19.0. The first kappa shape index (κ1) is 24.5. The number of sulfonamides is 1. The lowest BCUT2D eigenvalue weighted by Crippen LogP contribution is -2.41. The molecule has 1 aliphatic rings. The number of thioether (sulfide) groups is 1. The zero-order chi connectivity index (χ0) is 23.3. The Balaban J connectivity index is 1.87. The number of halogens is 2. The summed E-state index contributed by atoms with van der Waals surface area (Å²) in [7, 11) is -2.59. The van der Waals surface area contributed by atoms with Crippen molar-refractivity contribution < 1.29 is 26.7 Å². The first-order valence-corrected chi connectivity index (χ1v) is 12.6. The zero-order valence-corrected chi connectivity index (χ0v) is 19.4. The minimum Gasteiger partial charge on any atom is -0.495 e. The van der Waals surface area contributed by atoms with Gasteiger partial charge in [0.1, 0.15) is 10.6 Å². The van der Waals surface area contributed by atoms with Crippen LogP contribution in [0.15, 0.2) is 52.3 Å². The predicted octanol–water partition coefficient (Wildman–Crippen LogP) is 5.12. The molecule has 3 rings (SSSR count). The van der Waals surface area contributed by atoms with Gasteiger partial charge in [-0.3, -0.25) is 4.79 Å². The lowest BCUT2D eigenvalue weighted by molar-refractivity contribution is 0.102. The molecule has 2 aromatic rings. The molecule has 0 saturated heterocycles. The van der Waals surface area contributed by atoms with E-state index in [-0.39, 0.29) is 38.8 Å². The average molecular weight is 485 g/mol. The van der Waals surface area contributed by atoms with Crippen molar-refractivity contribution in [3.8, 4) is 5.75 Å². The largest absolute Gasteiger partial charge is 0.495 e. The van der Waals surface area contributed by atoms with E-state index in [9.17, 15) is 22.0 Å². The second kappa shape index (κ2) is 10.6. The van der Waals surface area contributed by atoms with Crippen LogP contribution in [0.3, 0.4) is 0 Å². The van der Waals surface area contributed by atoms with Crippen LogP contribution in [0, 0.1) is 5.92 Å². The van der Waals surface area contributed by atoms with E-state index in [4.69, 9.17) is 4.74 Å². The second-order valence-corrected chi connectivity index (χ2v) is 10.4. The Morgan fingerprint density at radius 2 is 1.88 bits per heavy atom. The number of para-hydroxylation sites is 1. The fraction of sp³-hybridized carbons (Fsp3) is 0.409. The highest BCUT2D eigenvalue weighted by molar-refractivity contribution is 7.99. The summed E-state index contributed by atoms with van der Waals surface area (Å²) in [4.78, 5) is 12.9. The van der Waals surface area contributed by atoms with Crippen LogP contribution in [0.2, 0.25) is 0 Å². The molecule has 0 aliphatic heterocycles. The lowest BCUT2D eigenvalue weighted by atomic mass is 9.87. The number of nitrogens with one attached hydrogen (secondary N) is 2. The van der Waals surface area contributed by atoms with Gasteiger partial charge in [0.2, 0.25) is 10.0 Å². The highest BCUT2D eigenvalue weighted by Crippen LogP contribution is 2.33. The second-order valence-electron chi connectivity index (χ2n) is 7.68. The number of anilines is 1. The predicted molar refractivity (Wildman–Crippen MR) is 121 cm³/mol. The number of ether oxygens (including phenoxy) is 1. The number of rotatable bonds is 8. The Bertz CT molecular complexity index is 1060.